The van der Waals surface area contributed by atoms with Gasteiger partial charge >= 0.3 is 0 Å². The van der Waals surface area contributed by atoms with E-state index < -0.39 is 0 Å². The standard InChI is InChI=1S/C14H12O3/c1-10(16)9-17-14-7-6-11(8-15)12-4-2-3-5-13(12)14/h2-8H,9H2,1H3. The van der Waals surface area contributed by atoms with E-state index in [2.05, 4.69) is 0 Å². The van der Waals surface area contributed by atoms with Gasteiger partial charge in [0.25, 0.3) is 0 Å². The van der Waals surface area contributed by atoms with E-state index >= 15 is 0 Å². The second-order valence-electron chi connectivity index (χ2n) is 3.81. The zero-order valence-corrected chi connectivity index (χ0v) is 9.47. The van der Waals surface area contributed by atoms with Gasteiger partial charge in [0.2, 0.25) is 0 Å². The van der Waals surface area contributed by atoms with Crippen molar-refractivity contribution in [3.63, 3.8) is 0 Å². The summed E-state index contributed by atoms with van der Waals surface area (Å²) >= 11 is 0. The first kappa shape index (κ1) is 11.3. The van der Waals surface area contributed by atoms with Crippen molar-refractivity contribution in [2.45, 2.75) is 6.92 Å². The van der Waals surface area contributed by atoms with Crippen LogP contribution in [0, 0.1) is 0 Å². The van der Waals surface area contributed by atoms with Crippen LogP contribution in [-0.2, 0) is 4.79 Å². The maximum absolute atomic E-state index is 10.9. The number of hydrogen-bond acceptors (Lipinski definition) is 3. The van der Waals surface area contributed by atoms with E-state index in [1.54, 1.807) is 12.1 Å². The van der Waals surface area contributed by atoms with Gasteiger partial charge in [0.1, 0.15) is 12.4 Å². The first-order chi connectivity index (χ1) is 8.22. The van der Waals surface area contributed by atoms with E-state index in [1.807, 2.05) is 24.3 Å². The Hall–Kier alpha value is -2.16. The molecule has 3 nitrogen and oxygen atoms in total. The van der Waals surface area contributed by atoms with Crippen LogP contribution < -0.4 is 4.74 Å². The highest BCUT2D eigenvalue weighted by molar-refractivity contribution is 6.01. The summed E-state index contributed by atoms with van der Waals surface area (Å²) in [6.45, 7) is 1.52. The molecular formula is C14H12O3. The quantitative estimate of drug-likeness (QED) is 0.755. The van der Waals surface area contributed by atoms with Gasteiger partial charge in [0, 0.05) is 10.9 Å². The highest BCUT2D eigenvalue weighted by atomic mass is 16.5. The molecule has 0 fully saturated rings. The molecule has 0 bridgehead atoms. The van der Waals surface area contributed by atoms with Crippen molar-refractivity contribution in [3.8, 4) is 5.75 Å². The first-order valence-electron chi connectivity index (χ1n) is 5.31. The highest BCUT2D eigenvalue weighted by Crippen LogP contribution is 2.27. The van der Waals surface area contributed by atoms with Crippen molar-refractivity contribution < 1.29 is 14.3 Å². The van der Waals surface area contributed by atoms with Crippen LogP contribution in [0.1, 0.15) is 17.3 Å². The van der Waals surface area contributed by atoms with Crippen molar-refractivity contribution in [3.05, 3.63) is 42.0 Å². The zero-order chi connectivity index (χ0) is 12.3. The number of rotatable bonds is 4. The van der Waals surface area contributed by atoms with Crippen LogP contribution in [0.3, 0.4) is 0 Å². The molecule has 0 aliphatic rings. The molecule has 0 saturated carbocycles. The highest BCUT2D eigenvalue weighted by Gasteiger charge is 2.06. The van der Waals surface area contributed by atoms with Crippen molar-refractivity contribution in [1.82, 2.24) is 0 Å². The number of hydrogen-bond donors (Lipinski definition) is 0. The fourth-order valence-corrected chi connectivity index (χ4v) is 1.70. The Morgan fingerprint density at radius 1 is 1.18 bits per heavy atom. The van der Waals surface area contributed by atoms with Crippen LogP contribution >= 0.6 is 0 Å². The summed E-state index contributed by atoms with van der Waals surface area (Å²) < 4.78 is 5.41. The molecule has 86 valence electrons. The van der Waals surface area contributed by atoms with Crippen molar-refractivity contribution >= 4 is 22.8 Å². The van der Waals surface area contributed by atoms with Gasteiger partial charge in [-0.1, -0.05) is 24.3 Å². The normalized spacial score (nSPS) is 10.2. The Labute approximate surface area is 99.0 Å². The number of ether oxygens (including phenoxy) is 1. The fraction of sp³-hybridized carbons (Fsp3) is 0.143. The minimum atomic E-state index is -0.0338. The predicted octanol–water partition coefficient (Wildman–Crippen LogP) is 2.62. The Kier molecular flexibility index (Phi) is 3.19. The molecule has 2 aromatic rings. The van der Waals surface area contributed by atoms with Crippen molar-refractivity contribution in [2.24, 2.45) is 0 Å². The number of Topliss-reactive ketones (excluding diaryl/α,β-unsaturated/α-hetero) is 1. The SMILES string of the molecule is CC(=O)COc1ccc(C=O)c2ccccc12. The van der Waals surface area contributed by atoms with Gasteiger partial charge < -0.3 is 4.74 Å². The molecular weight excluding hydrogens is 216 g/mol. The molecule has 0 aromatic heterocycles. The van der Waals surface area contributed by atoms with E-state index in [-0.39, 0.29) is 12.4 Å². The van der Waals surface area contributed by atoms with Gasteiger partial charge in [0.05, 0.1) is 0 Å². The summed E-state index contributed by atoms with van der Waals surface area (Å²) in [4.78, 5) is 21.8. The van der Waals surface area contributed by atoms with Crippen LogP contribution in [0.15, 0.2) is 36.4 Å². The van der Waals surface area contributed by atoms with Crippen LogP contribution in [-0.4, -0.2) is 18.7 Å². The van der Waals surface area contributed by atoms with Crippen LogP contribution in [0.5, 0.6) is 5.75 Å². The number of fused-ring (bicyclic) bond motifs is 1. The lowest BCUT2D eigenvalue weighted by Gasteiger charge is -2.09. The molecule has 17 heavy (non-hydrogen) atoms. The average Bonchev–Trinajstić information content (AvgIpc) is 2.35. The summed E-state index contributed by atoms with van der Waals surface area (Å²) in [5.41, 5.74) is 0.621. The van der Waals surface area contributed by atoms with E-state index in [0.29, 0.717) is 11.3 Å². The lowest BCUT2D eigenvalue weighted by molar-refractivity contribution is -0.118. The summed E-state index contributed by atoms with van der Waals surface area (Å²) in [5, 5.41) is 1.68. The smallest absolute Gasteiger partial charge is 0.167 e. The maximum Gasteiger partial charge on any atom is 0.167 e. The topological polar surface area (TPSA) is 43.4 Å². The summed E-state index contributed by atoms with van der Waals surface area (Å²) in [5.74, 6) is 0.593. The number of benzene rings is 2. The molecule has 0 radical (unpaired) electrons. The van der Waals surface area contributed by atoms with Crippen molar-refractivity contribution in [1.29, 1.82) is 0 Å². The second kappa shape index (κ2) is 4.78. The van der Waals surface area contributed by atoms with Gasteiger partial charge in [-0.15, -0.1) is 0 Å². The minimum absolute atomic E-state index is 0.0338. The molecule has 3 heteroatoms. The summed E-state index contributed by atoms with van der Waals surface area (Å²) in [6, 6.07) is 10.9. The summed E-state index contributed by atoms with van der Waals surface area (Å²) in [7, 11) is 0. The van der Waals surface area contributed by atoms with Gasteiger partial charge in [-0.2, -0.15) is 0 Å². The molecule has 0 atom stereocenters. The molecule has 2 aromatic carbocycles. The predicted molar refractivity (Wildman–Crippen MR) is 65.5 cm³/mol. The molecule has 0 heterocycles. The fourth-order valence-electron chi connectivity index (χ4n) is 1.70. The van der Waals surface area contributed by atoms with Gasteiger partial charge in [0.15, 0.2) is 12.1 Å². The average molecular weight is 228 g/mol. The van der Waals surface area contributed by atoms with Crippen molar-refractivity contribution in [2.75, 3.05) is 6.61 Å². The zero-order valence-electron chi connectivity index (χ0n) is 9.47. The first-order valence-corrected chi connectivity index (χ1v) is 5.31. The number of carbonyl (C=O) groups is 2. The summed E-state index contributed by atoms with van der Waals surface area (Å²) in [6.07, 6.45) is 0.817. The third-order valence-electron chi connectivity index (χ3n) is 2.48. The Morgan fingerprint density at radius 3 is 2.53 bits per heavy atom. The third kappa shape index (κ3) is 2.33. The molecule has 0 amide bonds. The Bertz CT molecular complexity index is 573. The maximum atomic E-state index is 10.9. The lowest BCUT2D eigenvalue weighted by Crippen LogP contribution is -2.06. The largest absolute Gasteiger partial charge is 0.485 e. The van der Waals surface area contributed by atoms with Crippen LogP contribution in [0.4, 0.5) is 0 Å². The lowest BCUT2D eigenvalue weighted by atomic mass is 10.0. The molecule has 0 saturated heterocycles. The van der Waals surface area contributed by atoms with E-state index in [0.717, 1.165) is 17.1 Å². The second-order valence-corrected chi connectivity index (χ2v) is 3.81. The monoisotopic (exact) mass is 228 g/mol. The van der Waals surface area contributed by atoms with Gasteiger partial charge in [-0.25, -0.2) is 0 Å². The van der Waals surface area contributed by atoms with Crippen LogP contribution in [0.2, 0.25) is 0 Å². The van der Waals surface area contributed by atoms with Gasteiger partial charge in [-0.3, -0.25) is 9.59 Å². The third-order valence-corrected chi connectivity index (χ3v) is 2.48. The molecule has 0 aliphatic carbocycles. The minimum Gasteiger partial charge on any atom is -0.485 e. The molecule has 2 rings (SSSR count). The van der Waals surface area contributed by atoms with E-state index in [9.17, 15) is 9.59 Å². The Balaban J connectivity index is 2.50. The Morgan fingerprint density at radius 2 is 1.88 bits per heavy atom. The van der Waals surface area contributed by atoms with Crippen LogP contribution in [0.25, 0.3) is 10.8 Å². The molecule has 0 aliphatic heterocycles. The number of carbonyl (C=O) groups excluding carboxylic acids is 2. The van der Waals surface area contributed by atoms with Gasteiger partial charge in [-0.05, 0) is 24.4 Å². The molecule has 0 unspecified atom stereocenters. The molecule has 0 N–H and O–H groups in total. The van der Waals surface area contributed by atoms with E-state index in [4.69, 9.17) is 4.74 Å². The number of aldehydes is 1. The number of ketones is 1. The van der Waals surface area contributed by atoms with E-state index in [1.165, 1.54) is 6.92 Å². The molecule has 0 spiro atoms.